The van der Waals surface area contributed by atoms with Gasteiger partial charge in [0, 0.05) is 6.42 Å². The predicted molar refractivity (Wildman–Crippen MR) is 75.3 cm³/mol. The molecule has 2 nitrogen and oxygen atoms in total. The van der Waals surface area contributed by atoms with Gasteiger partial charge in [0.05, 0.1) is 6.42 Å². The molecule has 0 unspecified atom stereocenters. The Balaban J connectivity index is 1.77. The van der Waals surface area contributed by atoms with Crippen LogP contribution in [0.15, 0.2) is 11.8 Å². The number of unbranched alkanes of at least 4 members (excludes halogenated alkanes) is 9. The van der Waals surface area contributed by atoms with Crippen LogP contribution in [0.25, 0.3) is 0 Å². The summed E-state index contributed by atoms with van der Waals surface area (Å²) >= 11 is 0. The van der Waals surface area contributed by atoms with Gasteiger partial charge in [0.25, 0.3) is 0 Å². The van der Waals surface area contributed by atoms with Crippen molar-refractivity contribution in [3.05, 3.63) is 11.8 Å². The van der Waals surface area contributed by atoms with E-state index in [-0.39, 0.29) is 5.97 Å². The van der Waals surface area contributed by atoms with Crippen LogP contribution in [0, 0.1) is 0 Å². The number of cyclic esters (lactones) is 1. The molecule has 0 saturated carbocycles. The van der Waals surface area contributed by atoms with Crippen LogP contribution in [0.1, 0.15) is 84.0 Å². The molecule has 0 aliphatic carbocycles. The third kappa shape index (κ3) is 7.52. The molecule has 0 radical (unpaired) electrons. The van der Waals surface area contributed by atoms with E-state index in [1.165, 1.54) is 57.8 Å². The summed E-state index contributed by atoms with van der Waals surface area (Å²) in [5.41, 5.74) is 0. The highest BCUT2D eigenvalue weighted by Crippen LogP contribution is 2.18. The third-order valence-corrected chi connectivity index (χ3v) is 3.52. The molecule has 0 atom stereocenters. The molecule has 0 N–H and O–H groups in total. The first-order valence-corrected chi connectivity index (χ1v) is 7.72. The fourth-order valence-electron chi connectivity index (χ4n) is 2.37. The van der Waals surface area contributed by atoms with Crippen molar-refractivity contribution in [3.63, 3.8) is 0 Å². The van der Waals surface area contributed by atoms with Crippen LogP contribution in [-0.4, -0.2) is 5.97 Å². The topological polar surface area (TPSA) is 26.3 Å². The van der Waals surface area contributed by atoms with Crippen molar-refractivity contribution in [2.45, 2.75) is 84.0 Å². The van der Waals surface area contributed by atoms with Crippen LogP contribution in [0.4, 0.5) is 0 Å². The molecule has 0 saturated heterocycles. The highest BCUT2D eigenvalue weighted by molar-refractivity contribution is 5.75. The summed E-state index contributed by atoms with van der Waals surface area (Å²) in [7, 11) is 0. The second kappa shape index (κ2) is 10.2. The Kier molecular flexibility index (Phi) is 8.62. The second-order valence-electron chi connectivity index (χ2n) is 5.28. The molecule has 18 heavy (non-hydrogen) atoms. The van der Waals surface area contributed by atoms with Crippen molar-refractivity contribution >= 4 is 5.97 Å². The van der Waals surface area contributed by atoms with E-state index >= 15 is 0 Å². The number of esters is 1. The predicted octanol–water partition coefficient (Wildman–Crippen LogP) is 5.13. The van der Waals surface area contributed by atoms with E-state index in [1.54, 1.807) is 0 Å². The largest absolute Gasteiger partial charge is 0.431 e. The Labute approximate surface area is 112 Å². The maximum atomic E-state index is 10.9. The Hall–Kier alpha value is -0.790. The smallest absolute Gasteiger partial charge is 0.314 e. The average Bonchev–Trinajstić information content (AvgIpc) is 2.77. The summed E-state index contributed by atoms with van der Waals surface area (Å²) in [4.78, 5) is 10.9. The van der Waals surface area contributed by atoms with Gasteiger partial charge in [-0.25, -0.2) is 0 Å². The maximum Gasteiger partial charge on any atom is 0.314 e. The molecule has 0 amide bonds. The normalized spacial score (nSPS) is 14.7. The van der Waals surface area contributed by atoms with E-state index in [4.69, 9.17) is 4.74 Å². The number of carbonyl (C=O) groups excluding carboxylic acids is 1. The molecule has 0 bridgehead atoms. The summed E-state index contributed by atoms with van der Waals surface area (Å²) in [6.45, 7) is 2.26. The number of hydrogen-bond donors (Lipinski definition) is 0. The van der Waals surface area contributed by atoms with E-state index in [0.717, 1.165) is 18.6 Å². The number of carbonyl (C=O) groups is 1. The molecular formula is C16H28O2. The van der Waals surface area contributed by atoms with Crippen molar-refractivity contribution in [3.8, 4) is 0 Å². The highest BCUT2D eigenvalue weighted by atomic mass is 16.5. The summed E-state index contributed by atoms with van der Waals surface area (Å²) in [6, 6.07) is 0. The van der Waals surface area contributed by atoms with Crippen molar-refractivity contribution < 1.29 is 9.53 Å². The molecule has 0 spiro atoms. The first-order chi connectivity index (χ1) is 8.83. The Bertz CT molecular complexity index is 256. The highest BCUT2D eigenvalue weighted by Gasteiger charge is 2.12. The average molecular weight is 252 g/mol. The van der Waals surface area contributed by atoms with Crippen LogP contribution in [0.2, 0.25) is 0 Å². The van der Waals surface area contributed by atoms with Gasteiger partial charge in [-0.05, 0) is 12.5 Å². The monoisotopic (exact) mass is 252 g/mol. The molecule has 1 heterocycles. The quantitative estimate of drug-likeness (QED) is 0.376. The van der Waals surface area contributed by atoms with Crippen molar-refractivity contribution in [1.29, 1.82) is 0 Å². The maximum absolute atomic E-state index is 10.9. The van der Waals surface area contributed by atoms with E-state index in [9.17, 15) is 4.79 Å². The molecule has 0 fully saturated rings. The molecule has 0 aromatic heterocycles. The number of ether oxygens (including phenoxy) is 1. The van der Waals surface area contributed by atoms with Crippen LogP contribution in [0.3, 0.4) is 0 Å². The Morgan fingerprint density at radius 1 is 0.944 bits per heavy atom. The van der Waals surface area contributed by atoms with Crippen LogP contribution < -0.4 is 0 Å². The minimum atomic E-state index is -0.0860. The standard InChI is InChI=1S/C16H28O2/c1-2-3-4-5-6-7-8-9-10-11-12-15-13-14-16(17)18-15/h13H,2-12,14H2,1H3. The second-order valence-corrected chi connectivity index (χ2v) is 5.28. The van der Waals surface area contributed by atoms with E-state index in [0.29, 0.717) is 6.42 Å². The number of hydrogen-bond acceptors (Lipinski definition) is 2. The molecule has 1 aliphatic heterocycles. The van der Waals surface area contributed by atoms with Crippen LogP contribution >= 0.6 is 0 Å². The molecule has 1 rings (SSSR count). The SMILES string of the molecule is CCCCCCCCCCCCC1=CCC(=O)O1. The zero-order valence-corrected chi connectivity index (χ0v) is 11.9. The Morgan fingerprint density at radius 2 is 1.50 bits per heavy atom. The molecule has 1 aliphatic rings. The van der Waals surface area contributed by atoms with Gasteiger partial charge in [0.15, 0.2) is 0 Å². The van der Waals surface area contributed by atoms with Gasteiger partial charge in [-0.15, -0.1) is 0 Å². The summed E-state index contributed by atoms with van der Waals surface area (Å²) in [5, 5.41) is 0. The van der Waals surface area contributed by atoms with Crippen LogP contribution in [-0.2, 0) is 9.53 Å². The molecule has 2 heteroatoms. The lowest BCUT2D eigenvalue weighted by molar-refractivity contribution is -0.136. The fraction of sp³-hybridized carbons (Fsp3) is 0.812. The minimum absolute atomic E-state index is 0.0860. The fourth-order valence-corrected chi connectivity index (χ4v) is 2.37. The van der Waals surface area contributed by atoms with Crippen LogP contribution in [0.5, 0.6) is 0 Å². The summed E-state index contributed by atoms with van der Waals surface area (Å²) in [5.74, 6) is 0.816. The zero-order valence-electron chi connectivity index (χ0n) is 11.9. The number of rotatable bonds is 11. The molecular weight excluding hydrogens is 224 g/mol. The number of allylic oxidation sites excluding steroid dienone is 1. The lowest BCUT2D eigenvalue weighted by atomic mass is 10.1. The first-order valence-electron chi connectivity index (χ1n) is 7.72. The van der Waals surface area contributed by atoms with E-state index in [2.05, 4.69) is 6.92 Å². The lowest BCUT2D eigenvalue weighted by Gasteiger charge is -2.03. The van der Waals surface area contributed by atoms with Gasteiger partial charge < -0.3 is 4.74 Å². The first kappa shape index (κ1) is 15.3. The molecule has 0 aromatic rings. The van der Waals surface area contributed by atoms with Gasteiger partial charge in [-0.2, -0.15) is 0 Å². The summed E-state index contributed by atoms with van der Waals surface area (Å²) in [6.07, 6.45) is 16.8. The molecule has 0 aromatic carbocycles. The van der Waals surface area contributed by atoms with Gasteiger partial charge in [-0.1, -0.05) is 64.7 Å². The lowest BCUT2D eigenvalue weighted by Crippen LogP contribution is -1.93. The van der Waals surface area contributed by atoms with E-state index in [1.807, 2.05) is 6.08 Å². The minimum Gasteiger partial charge on any atom is -0.431 e. The summed E-state index contributed by atoms with van der Waals surface area (Å²) < 4.78 is 5.07. The van der Waals surface area contributed by atoms with E-state index < -0.39 is 0 Å². The van der Waals surface area contributed by atoms with Crippen molar-refractivity contribution in [2.24, 2.45) is 0 Å². The van der Waals surface area contributed by atoms with Gasteiger partial charge in [0.2, 0.25) is 0 Å². The van der Waals surface area contributed by atoms with Gasteiger partial charge in [0.1, 0.15) is 5.76 Å². The van der Waals surface area contributed by atoms with Gasteiger partial charge >= 0.3 is 5.97 Å². The molecule has 104 valence electrons. The zero-order chi connectivity index (χ0) is 13.1. The van der Waals surface area contributed by atoms with Crippen molar-refractivity contribution in [1.82, 2.24) is 0 Å². The Morgan fingerprint density at radius 3 is 2.00 bits per heavy atom. The van der Waals surface area contributed by atoms with Gasteiger partial charge in [-0.3, -0.25) is 4.79 Å². The third-order valence-electron chi connectivity index (χ3n) is 3.52. The van der Waals surface area contributed by atoms with Crippen molar-refractivity contribution in [2.75, 3.05) is 0 Å².